The average molecular weight is 414 g/mol. The van der Waals surface area contributed by atoms with E-state index in [0.29, 0.717) is 11.4 Å². The lowest BCUT2D eigenvalue weighted by Gasteiger charge is -2.22. The van der Waals surface area contributed by atoms with Crippen molar-refractivity contribution in [3.05, 3.63) is 72.4 Å². The largest absolute Gasteiger partial charge is 0.451 e. The molecule has 3 aromatic rings. The Morgan fingerprint density at radius 3 is 2.42 bits per heavy atom. The second-order valence-corrected chi connectivity index (χ2v) is 7.74. The van der Waals surface area contributed by atoms with E-state index in [1.807, 2.05) is 60.7 Å². The Kier molecular flexibility index (Phi) is 5.54. The Hall–Kier alpha value is -3.92. The molecule has 156 valence electrons. The van der Waals surface area contributed by atoms with Crippen LogP contribution >= 0.6 is 0 Å². The standard InChI is InChI=1S/C24H22N4O3/c1-24(16-25,18-12-13-18)26-22(29)15-31-23(30)21-14-20(17-8-4-2-5-9-17)27-28(21)19-10-6-3-7-11-19/h2-11,14,18H,12-13,15H2,1H3,(H,26,29)/t24-/m1/s1. The van der Waals surface area contributed by atoms with Crippen LogP contribution < -0.4 is 5.32 Å². The predicted molar refractivity (Wildman–Crippen MR) is 114 cm³/mol. The molecule has 1 atom stereocenters. The maximum atomic E-state index is 12.8. The molecule has 1 amide bonds. The summed E-state index contributed by atoms with van der Waals surface area (Å²) in [6.07, 6.45) is 1.81. The summed E-state index contributed by atoms with van der Waals surface area (Å²) in [6, 6.07) is 22.5. The number of hydrogen-bond donors (Lipinski definition) is 1. The number of aromatic nitrogens is 2. The number of nitrogens with zero attached hydrogens (tertiary/aromatic N) is 3. The van der Waals surface area contributed by atoms with Crippen LogP contribution in [0, 0.1) is 17.2 Å². The lowest BCUT2D eigenvalue weighted by atomic mass is 9.98. The van der Waals surface area contributed by atoms with E-state index in [1.54, 1.807) is 13.0 Å². The van der Waals surface area contributed by atoms with Gasteiger partial charge in [-0.15, -0.1) is 0 Å². The summed E-state index contributed by atoms with van der Waals surface area (Å²) in [4.78, 5) is 25.1. The van der Waals surface area contributed by atoms with E-state index in [2.05, 4.69) is 16.5 Å². The highest BCUT2D eigenvalue weighted by Gasteiger charge is 2.43. The molecule has 1 saturated carbocycles. The zero-order chi connectivity index (χ0) is 21.8. The van der Waals surface area contributed by atoms with Crippen LogP contribution in [0.3, 0.4) is 0 Å². The first-order valence-electron chi connectivity index (χ1n) is 10.1. The van der Waals surface area contributed by atoms with Gasteiger partial charge in [-0.2, -0.15) is 10.4 Å². The fraction of sp³-hybridized carbons (Fsp3) is 0.250. The van der Waals surface area contributed by atoms with Gasteiger partial charge in [0, 0.05) is 5.56 Å². The number of nitrogens with one attached hydrogen (secondary N) is 1. The number of rotatable bonds is 7. The van der Waals surface area contributed by atoms with E-state index < -0.39 is 24.0 Å². The third kappa shape index (κ3) is 4.48. The number of para-hydroxylation sites is 1. The average Bonchev–Trinajstić information content (AvgIpc) is 3.58. The SMILES string of the molecule is C[C@](C#N)(NC(=O)COC(=O)c1cc(-c2ccccc2)nn1-c1ccccc1)C1CC1. The number of nitriles is 1. The monoisotopic (exact) mass is 414 g/mol. The van der Waals surface area contributed by atoms with Crippen LogP contribution in [0.15, 0.2) is 66.7 Å². The Morgan fingerprint density at radius 2 is 1.81 bits per heavy atom. The Labute approximate surface area is 180 Å². The highest BCUT2D eigenvalue weighted by molar-refractivity contribution is 5.91. The topological polar surface area (TPSA) is 97.0 Å². The predicted octanol–water partition coefficient (Wildman–Crippen LogP) is 3.50. The Bertz CT molecular complexity index is 1130. The third-order valence-corrected chi connectivity index (χ3v) is 5.35. The molecule has 1 heterocycles. The minimum absolute atomic E-state index is 0.144. The molecule has 1 fully saturated rings. The minimum Gasteiger partial charge on any atom is -0.451 e. The molecule has 7 nitrogen and oxygen atoms in total. The molecular formula is C24H22N4O3. The Morgan fingerprint density at radius 1 is 1.16 bits per heavy atom. The molecule has 31 heavy (non-hydrogen) atoms. The number of benzene rings is 2. The first kappa shape index (κ1) is 20.4. The molecule has 0 saturated heterocycles. The van der Waals surface area contributed by atoms with Gasteiger partial charge in [0.15, 0.2) is 12.3 Å². The molecule has 1 N–H and O–H groups in total. The van der Waals surface area contributed by atoms with E-state index in [9.17, 15) is 14.9 Å². The van der Waals surface area contributed by atoms with E-state index in [-0.39, 0.29) is 11.6 Å². The second kappa shape index (κ2) is 8.44. The van der Waals surface area contributed by atoms with E-state index in [4.69, 9.17) is 4.74 Å². The number of carbonyl (C=O) groups excluding carboxylic acids is 2. The van der Waals surface area contributed by atoms with E-state index in [1.165, 1.54) is 4.68 Å². The van der Waals surface area contributed by atoms with Crippen LogP contribution in [-0.2, 0) is 9.53 Å². The van der Waals surface area contributed by atoms with Crippen molar-refractivity contribution in [1.82, 2.24) is 15.1 Å². The molecule has 0 radical (unpaired) electrons. The van der Waals surface area contributed by atoms with Crippen molar-refractivity contribution in [2.24, 2.45) is 5.92 Å². The summed E-state index contributed by atoms with van der Waals surface area (Å²) in [5, 5.41) is 16.7. The van der Waals surface area contributed by atoms with Gasteiger partial charge in [0.05, 0.1) is 17.5 Å². The van der Waals surface area contributed by atoms with Crippen molar-refractivity contribution in [1.29, 1.82) is 5.26 Å². The summed E-state index contributed by atoms with van der Waals surface area (Å²) in [6.45, 7) is 1.23. The summed E-state index contributed by atoms with van der Waals surface area (Å²) in [5.74, 6) is -1.03. The minimum atomic E-state index is -0.935. The normalized spacial score (nSPS) is 14.8. The van der Waals surface area contributed by atoms with Crippen LogP contribution in [0.2, 0.25) is 0 Å². The molecule has 1 aliphatic carbocycles. The summed E-state index contributed by atoms with van der Waals surface area (Å²) in [5.41, 5.74) is 1.45. The molecule has 1 aromatic heterocycles. The smallest absolute Gasteiger partial charge is 0.357 e. The van der Waals surface area contributed by atoms with E-state index in [0.717, 1.165) is 18.4 Å². The van der Waals surface area contributed by atoms with Crippen molar-refractivity contribution < 1.29 is 14.3 Å². The van der Waals surface area contributed by atoms with Crippen molar-refractivity contribution in [2.45, 2.75) is 25.3 Å². The molecule has 4 rings (SSSR count). The van der Waals surface area contributed by atoms with Gasteiger partial charge in [-0.3, -0.25) is 4.79 Å². The van der Waals surface area contributed by atoms with Gasteiger partial charge in [0.2, 0.25) is 0 Å². The van der Waals surface area contributed by atoms with Gasteiger partial charge < -0.3 is 10.1 Å². The van der Waals surface area contributed by atoms with Crippen molar-refractivity contribution in [2.75, 3.05) is 6.61 Å². The third-order valence-electron chi connectivity index (χ3n) is 5.35. The van der Waals surface area contributed by atoms with Gasteiger partial charge in [-0.05, 0) is 43.9 Å². The molecule has 0 unspecified atom stereocenters. The van der Waals surface area contributed by atoms with Crippen LogP contribution in [0.5, 0.6) is 0 Å². The van der Waals surface area contributed by atoms with Crippen LogP contribution in [-0.4, -0.2) is 33.8 Å². The summed E-state index contributed by atoms with van der Waals surface area (Å²) >= 11 is 0. The lowest BCUT2D eigenvalue weighted by Crippen LogP contribution is -2.48. The van der Waals surface area contributed by atoms with E-state index >= 15 is 0 Å². The fourth-order valence-electron chi connectivity index (χ4n) is 3.46. The van der Waals surface area contributed by atoms with Gasteiger partial charge in [-0.25, -0.2) is 9.48 Å². The number of hydrogen-bond acceptors (Lipinski definition) is 5. The molecule has 2 aromatic carbocycles. The van der Waals surface area contributed by atoms with Gasteiger partial charge in [-0.1, -0.05) is 48.5 Å². The maximum absolute atomic E-state index is 12.8. The fourth-order valence-corrected chi connectivity index (χ4v) is 3.46. The summed E-state index contributed by atoms with van der Waals surface area (Å²) in [7, 11) is 0. The van der Waals surface area contributed by atoms with Gasteiger partial charge >= 0.3 is 5.97 Å². The maximum Gasteiger partial charge on any atom is 0.357 e. The first-order valence-corrected chi connectivity index (χ1v) is 10.1. The van der Waals surface area contributed by atoms with Crippen LogP contribution in [0.25, 0.3) is 16.9 Å². The number of carbonyl (C=O) groups is 2. The summed E-state index contributed by atoms with van der Waals surface area (Å²) < 4.78 is 6.78. The Balaban J connectivity index is 1.53. The molecule has 1 aliphatic rings. The van der Waals surface area contributed by atoms with Crippen molar-refractivity contribution >= 4 is 11.9 Å². The molecule has 0 bridgehead atoms. The van der Waals surface area contributed by atoms with Crippen molar-refractivity contribution in [3.8, 4) is 23.0 Å². The zero-order valence-electron chi connectivity index (χ0n) is 17.1. The van der Waals surface area contributed by atoms with Crippen LogP contribution in [0.1, 0.15) is 30.3 Å². The number of amides is 1. The lowest BCUT2D eigenvalue weighted by molar-refractivity contribution is -0.125. The first-order chi connectivity index (χ1) is 15.0. The van der Waals surface area contributed by atoms with Crippen molar-refractivity contribution in [3.63, 3.8) is 0 Å². The van der Waals surface area contributed by atoms with Gasteiger partial charge in [0.1, 0.15) is 5.54 Å². The molecule has 0 spiro atoms. The second-order valence-electron chi connectivity index (χ2n) is 7.74. The van der Waals surface area contributed by atoms with Gasteiger partial charge in [0.25, 0.3) is 5.91 Å². The molecule has 0 aliphatic heterocycles. The van der Waals surface area contributed by atoms with Crippen LogP contribution in [0.4, 0.5) is 0 Å². The quantitative estimate of drug-likeness (QED) is 0.597. The molecule has 7 heteroatoms. The molecular weight excluding hydrogens is 392 g/mol. The number of esters is 1. The highest BCUT2D eigenvalue weighted by atomic mass is 16.5. The highest BCUT2D eigenvalue weighted by Crippen LogP contribution is 2.39. The zero-order valence-corrected chi connectivity index (χ0v) is 17.1. The number of ether oxygens (including phenoxy) is 1.